The Labute approximate surface area is 141 Å². The molecule has 0 bridgehead atoms. The van der Waals surface area contributed by atoms with E-state index in [2.05, 4.69) is 4.98 Å². The first-order valence-electron chi connectivity index (χ1n) is 8.30. The fourth-order valence-corrected chi connectivity index (χ4v) is 5.66. The molecule has 8 heteroatoms. The summed E-state index contributed by atoms with van der Waals surface area (Å²) in [7, 11) is -3.90. The molecule has 24 heavy (non-hydrogen) atoms. The first-order valence-corrected chi connectivity index (χ1v) is 9.74. The molecule has 3 rings (SSSR count). The molecule has 3 atom stereocenters. The second kappa shape index (κ2) is 6.68. The third-order valence-corrected chi connectivity index (χ3v) is 6.81. The smallest absolute Gasteiger partial charge is 0.322 e. The third kappa shape index (κ3) is 3.00. The number of sulfonamides is 1. The number of fused-ring (bicyclic) bond motifs is 1. The number of rotatable bonds is 5. The molecule has 7 nitrogen and oxygen atoms in total. The SMILES string of the molecule is CCOc1ccc(S(=O)(=O)N2C(C(=O)O)CC3CCCCC32)cn1. The number of carbonyl (C=O) groups is 1. The second-order valence-electron chi connectivity index (χ2n) is 6.30. The molecule has 0 amide bonds. The Kier molecular flexibility index (Phi) is 4.78. The van der Waals surface area contributed by atoms with Gasteiger partial charge in [-0.1, -0.05) is 12.8 Å². The summed E-state index contributed by atoms with van der Waals surface area (Å²) in [6.45, 7) is 2.26. The number of nitrogens with zero attached hydrogens (tertiary/aromatic N) is 2. The van der Waals surface area contributed by atoms with E-state index in [-0.39, 0.29) is 16.9 Å². The van der Waals surface area contributed by atoms with Crippen LogP contribution in [-0.4, -0.2) is 47.5 Å². The van der Waals surface area contributed by atoms with Gasteiger partial charge < -0.3 is 9.84 Å². The number of aromatic nitrogens is 1. The number of carboxylic acid groups (broad SMARTS) is 1. The van der Waals surface area contributed by atoms with Gasteiger partial charge in [-0.3, -0.25) is 4.79 Å². The lowest BCUT2D eigenvalue weighted by molar-refractivity contribution is -0.141. The van der Waals surface area contributed by atoms with Crippen LogP contribution < -0.4 is 4.74 Å². The lowest BCUT2D eigenvalue weighted by Gasteiger charge is -2.32. The highest BCUT2D eigenvalue weighted by molar-refractivity contribution is 7.89. The Hall–Kier alpha value is -1.67. The van der Waals surface area contributed by atoms with Crippen LogP contribution in [0.5, 0.6) is 5.88 Å². The van der Waals surface area contributed by atoms with E-state index in [1.165, 1.54) is 22.6 Å². The largest absolute Gasteiger partial charge is 0.480 e. The molecular weight excluding hydrogens is 332 g/mol. The Bertz CT molecular complexity index is 704. The molecular formula is C16H22N2O5S. The summed E-state index contributed by atoms with van der Waals surface area (Å²) in [5.41, 5.74) is 0. The van der Waals surface area contributed by atoms with Crippen LogP contribution in [0.15, 0.2) is 23.2 Å². The minimum absolute atomic E-state index is 0.0171. The van der Waals surface area contributed by atoms with Crippen molar-refractivity contribution in [2.75, 3.05) is 6.61 Å². The summed E-state index contributed by atoms with van der Waals surface area (Å²) in [4.78, 5) is 15.7. The van der Waals surface area contributed by atoms with Crippen molar-refractivity contribution in [2.45, 2.75) is 56.0 Å². The lowest BCUT2D eigenvalue weighted by atomic mass is 9.85. The molecule has 0 radical (unpaired) electrons. The second-order valence-corrected chi connectivity index (χ2v) is 8.14. The maximum absolute atomic E-state index is 13.1. The van der Waals surface area contributed by atoms with Gasteiger partial charge in [0.05, 0.1) is 12.8 Å². The highest BCUT2D eigenvalue weighted by Gasteiger charge is 2.51. The Balaban J connectivity index is 1.94. The summed E-state index contributed by atoms with van der Waals surface area (Å²) in [6, 6.07) is 1.72. The lowest BCUT2D eigenvalue weighted by Crippen LogP contribution is -2.46. The summed E-state index contributed by atoms with van der Waals surface area (Å²) in [5, 5.41) is 9.51. The molecule has 0 aromatic carbocycles. The zero-order chi connectivity index (χ0) is 17.3. The van der Waals surface area contributed by atoms with Crippen LogP contribution in [0.2, 0.25) is 0 Å². The van der Waals surface area contributed by atoms with Gasteiger partial charge in [0.25, 0.3) is 0 Å². The normalized spacial score (nSPS) is 27.6. The molecule has 2 fully saturated rings. The van der Waals surface area contributed by atoms with Gasteiger partial charge >= 0.3 is 5.97 Å². The quantitative estimate of drug-likeness (QED) is 0.867. The fourth-order valence-electron chi connectivity index (χ4n) is 3.85. The molecule has 1 aliphatic carbocycles. The number of carboxylic acids is 1. The van der Waals surface area contributed by atoms with Crippen molar-refractivity contribution in [3.63, 3.8) is 0 Å². The minimum atomic E-state index is -3.90. The molecule has 2 heterocycles. The zero-order valence-corrected chi connectivity index (χ0v) is 14.4. The van der Waals surface area contributed by atoms with E-state index in [0.29, 0.717) is 18.9 Å². The van der Waals surface area contributed by atoms with E-state index in [4.69, 9.17) is 4.74 Å². The van der Waals surface area contributed by atoms with Crippen LogP contribution in [0.4, 0.5) is 0 Å². The van der Waals surface area contributed by atoms with Gasteiger partial charge in [0.1, 0.15) is 10.9 Å². The first-order chi connectivity index (χ1) is 11.4. The highest BCUT2D eigenvalue weighted by atomic mass is 32.2. The molecule has 2 aliphatic rings. The average molecular weight is 354 g/mol. The van der Waals surface area contributed by atoms with Crippen LogP contribution in [0.3, 0.4) is 0 Å². The van der Waals surface area contributed by atoms with Crippen molar-refractivity contribution >= 4 is 16.0 Å². The number of pyridine rings is 1. The Morgan fingerprint density at radius 1 is 1.38 bits per heavy atom. The fraction of sp³-hybridized carbons (Fsp3) is 0.625. The summed E-state index contributed by atoms with van der Waals surface area (Å²) in [5.74, 6) is -0.597. The zero-order valence-electron chi connectivity index (χ0n) is 13.6. The van der Waals surface area contributed by atoms with E-state index in [9.17, 15) is 18.3 Å². The van der Waals surface area contributed by atoms with Gasteiger partial charge in [-0.05, 0) is 38.2 Å². The average Bonchev–Trinajstić information content (AvgIpc) is 2.96. The van der Waals surface area contributed by atoms with Gasteiger partial charge in [-0.25, -0.2) is 13.4 Å². The number of hydrogen-bond acceptors (Lipinski definition) is 5. The van der Waals surface area contributed by atoms with E-state index >= 15 is 0 Å². The summed E-state index contributed by atoms with van der Waals surface area (Å²) < 4.78 is 32.6. The maximum Gasteiger partial charge on any atom is 0.322 e. The van der Waals surface area contributed by atoms with Crippen LogP contribution in [0.1, 0.15) is 39.0 Å². The van der Waals surface area contributed by atoms with Gasteiger partial charge in [-0.2, -0.15) is 4.31 Å². The third-order valence-electron chi connectivity index (χ3n) is 4.89. The van der Waals surface area contributed by atoms with E-state index < -0.39 is 22.0 Å². The van der Waals surface area contributed by atoms with Crippen molar-refractivity contribution in [2.24, 2.45) is 5.92 Å². The Morgan fingerprint density at radius 2 is 2.12 bits per heavy atom. The van der Waals surface area contributed by atoms with Crippen molar-refractivity contribution in [1.29, 1.82) is 0 Å². The van der Waals surface area contributed by atoms with Crippen molar-refractivity contribution in [1.82, 2.24) is 9.29 Å². The monoisotopic (exact) mass is 354 g/mol. The van der Waals surface area contributed by atoms with Crippen molar-refractivity contribution < 1.29 is 23.1 Å². The van der Waals surface area contributed by atoms with E-state index in [1.54, 1.807) is 0 Å². The van der Waals surface area contributed by atoms with Gasteiger partial charge in [0.15, 0.2) is 0 Å². The van der Waals surface area contributed by atoms with E-state index in [0.717, 1.165) is 25.7 Å². The van der Waals surface area contributed by atoms with Crippen LogP contribution in [-0.2, 0) is 14.8 Å². The van der Waals surface area contributed by atoms with Crippen LogP contribution in [0, 0.1) is 5.92 Å². The molecule has 0 spiro atoms. The van der Waals surface area contributed by atoms with Crippen LogP contribution in [0.25, 0.3) is 0 Å². The molecule has 1 aromatic rings. The van der Waals surface area contributed by atoms with E-state index in [1.807, 2.05) is 6.92 Å². The van der Waals surface area contributed by atoms with Gasteiger partial charge in [-0.15, -0.1) is 0 Å². The van der Waals surface area contributed by atoms with Crippen molar-refractivity contribution in [3.8, 4) is 5.88 Å². The maximum atomic E-state index is 13.1. The van der Waals surface area contributed by atoms with Gasteiger partial charge in [0, 0.05) is 12.1 Å². The molecule has 1 saturated carbocycles. The summed E-state index contributed by atoms with van der Waals surface area (Å²) >= 11 is 0. The highest BCUT2D eigenvalue weighted by Crippen LogP contribution is 2.42. The van der Waals surface area contributed by atoms with Crippen molar-refractivity contribution in [3.05, 3.63) is 18.3 Å². The molecule has 1 N–H and O–H groups in total. The predicted molar refractivity (Wildman–Crippen MR) is 86.2 cm³/mol. The molecule has 1 aliphatic heterocycles. The summed E-state index contributed by atoms with van der Waals surface area (Å²) in [6.07, 6.45) is 5.21. The number of hydrogen-bond donors (Lipinski definition) is 1. The minimum Gasteiger partial charge on any atom is -0.480 e. The number of aliphatic carboxylic acids is 1. The molecule has 3 unspecified atom stereocenters. The molecule has 132 valence electrons. The molecule has 1 saturated heterocycles. The Morgan fingerprint density at radius 3 is 2.75 bits per heavy atom. The molecule has 1 aromatic heterocycles. The van der Waals surface area contributed by atoms with Crippen LogP contribution >= 0.6 is 0 Å². The topological polar surface area (TPSA) is 96.8 Å². The van der Waals surface area contributed by atoms with Gasteiger partial charge in [0.2, 0.25) is 15.9 Å². The first kappa shape index (κ1) is 17.2. The standard InChI is InChI=1S/C16H22N2O5S/c1-2-23-15-8-7-12(10-17-15)24(21,22)18-13-6-4-3-5-11(13)9-14(18)16(19)20/h7-8,10-11,13-14H,2-6,9H2,1H3,(H,19,20). The number of ether oxygens (including phenoxy) is 1. The predicted octanol–water partition coefficient (Wildman–Crippen LogP) is 1.89.